The van der Waals surface area contributed by atoms with Gasteiger partial charge in [-0.25, -0.2) is 0 Å². The van der Waals surface area contributed by atoms with Gasteiger partial charge >= 0.3 is 9.28 Å². The topological polar surface area (TPSA) is 18.5 Å². The minimum atomic E-state index is -1.58. The first kappa shape index (κ1) is 15.2. The molecular weight excluding hydrogens is 240 g/mol. The molecule has 0 aromatic heterocycles. The van der Waals surface area contributed by atoms with Gasteiger partial charge in [-0.05, 0) is 25.8 Å². The number of rotatable bonds is 8. The highest BCUT2D eigenvalue weighted by atomic mass is 28.3. The van der Waals surface area contributed by atoms with E-state index in [0.29, 0.717) is 5.54 Å². The summed E-state index contributed by atoms with van der Waals surface area (Å²) >= 11 is 0. The van der Waals surface area contributed by atoms with E-state index in [4.69, 9.17) is 8.85 Å². The first-order valence-corrected chi connectivity index (χ1v) is 8.39. The molecule has 1 aromatic rings. The lowest BCUT2D eigenvalue weighted by Gasteiger charge is -2.21. The van der Waals surface area contributed by atoms with Crippen molar-refractivity contribution in [3.05, 3.63) is 42.0 Å². The van der Waals surface area contributed by atoms with Crippen molar-refractivity contribution in [1.29, 1.82) is 0 Å². The van der Waals surface area contributed by atoms with Crippen LogP contribution in [0.15, 0.2) is 36.4 Å². The molecule has 0 saturated carbocycles. The third-order valence-electron chi connectivity index (χ3n) is 2.82. The van der Waals surface area contributed by atoms with Crippen molar-refractivity contribution in [2.45, 2.75) is 32.7 Å². The molecular formula is C15H24O2Si. The molecule has 0 saturated heterocycles. The third kappa shape index (κ3) is 5.17. The van der Waals surface area contributed by atoms with Crippen molar-refractivity contribution < 1.29 is 8.85 Å². The zero-order valence-corrected chi connectivity index (χ0v) is 12.8. The molecule has 0 aliphatic carbocycles. The minimum Gasteiger partial charge on any atom is -0.396 e. The molecule has 18 heavy (non-hydrogen) atoms. The molecule has 0 spiro atoms. The normalized spacial score (nSPS) is 13.3. The van der Waals surface area contributed by atoms with E-state index in [1.807, 2.05) is 19.9 Å². The van der Waals surface area contributed by atoms with Crippen LogP contribution in [0.5, 0.6) is 0 Å². The molecule has 0 bridgehead atoms. The fourth-order valence-corrected chi connectivity index (χ4v) is 3.77. The molecule has 0 aliphatic rings. The molecule has 0 N–H and O–H groups in total. The summed E-state index contributed by atoms with van der Waals surface area (Å²) in [6.45, 7) is 7.75. The number of allylic oxidation sites excluding steroid dienone is 1. The molecule has 100 valence electrons. The van der Waals surface area contributed by atoms with Crippen LogP contribution in [0, 0.1) is 0 Å². The summed E-state index contributed by atoms with van der Waals surface area (Å²) in [7, 11) is -1.58. The van der Waals surface area contributed by atoms with E-state index in [0.717, 1.165) is 19.6 Å². The number of hydrogen-bond donors (Lipinski definition) is 0. The zero-order chi connectivity index (χ0) is 13.2. The summed E-state index contributed by atoms with van der Waals surface area (Å²) in [5.74, 6) is 0. The Balaban J connectivity index is 2.66. The van der Waals surface area contributed by atoms with Crippen LogP contribution in [0.1, 0.15) is 32.8 Å². The molecule has 0 heterocycles. The molecule has 1 aromatic carbocycles. The summed E-state index contributed by atoms with van der Waals surface area (Å²) in [5.41, 5.74) is 1.67. The summed E-state index contributed by atoms with van der Waals surface area (Å²) in [5, 5.41) is 0. The van der Waals surface area contributed by atoms with Crippen LogP contribution in [0.2, 0.25) is 5.54 Å². The van der Waals surface area contributed by atoms with Crippen molar-refractivity contribution >= 4 is 15.4 Å². The van der Waals surface area contributed by atoms with Gasteiger partial charge in [-0.15, -0.1) is 0 Å². The predicted molar refractivity (Wildman–Crippen MR) is 79.9 cm³/mol. The number of benzene rings is 1. The Morgan fingerprint density at radius 1 is 1.06 bits per heavy atom. The van der Waals surface area contributed by atoms with E-state index < -0.39 is 9.28 Å². The Kier molecular flexibility index (Phi) is 7.65. The van der Waals surface area contributed by atoms with E-state index in [9.17, 15) is 0 Å². The van der Waals surface area contributed by atoms with Crippen LogP contribution in [0.25, 0.3) is 6.08 Å². The smallest absolute Gasteiger partial charge is 0.328 e. The van der Waals surface area contributed by atoms with Crippen LogP contribution in [0.3, 0.4) is 0 Å². The second-order valence-corrected chi connectivity index (χ2v) is 6.38. The fourth-order valence-electron chi connectivity index (χ4n) is 1.84. The van der Waals surface area contributed by atoms with Gasteiger partial charge in [-0.2, -0.15) is 0 Å². The van der Waals surface area contributed by atoms with Crippen molar-refractivity contribution in [2.75, 3.05) is 13.2 Å². The van der Waals surface area contributed by atoms with Crippen molar-refractivity contribution in [3.8, 4) is 0 Å². The van der Waals surface area contributed by atoms with Gasteiger partial charge in [0, 0.05) is 18.8 Å². The summed E-state index contributed by atoms with van der Waals surface area (Å²) in [6, 6.07) is 10.4. The van der Waals surface area contributed by atoms with Crippen LogP contribution in [-0.2, 0) is 8.85 Å². The Morgan fingerprint density at radius 2 is 1.67 bits per heavy atom. The van der Waals surface area contributed by atoms with E-state index in [-0.39, 0.29) is 0 Å². The Morgan fingerprint density at radius 3 is 2.17 bits per heavy atom. The zero-order valence-electron chi connectivity index (χ0n) is 11.6. The Bertz CT molecular complexity index is 332. The standard InChI is InChI=1S/C15H24O2Si/c1-4-15(18(16-5-2)17-6-3)13-12-14-10-8-7-9-11-14/h7-13,15,18H,4-6H2,1-3H3/b13-12+. The van der Waals surface area contributed by atoms with Gasteiger partial charge in [0.1, 0.15) is 0 Å². The van der Waals surface area contributed by atoms with Crippen LogP contribution >= 0.6 is 0 Å². The quantitative estimate of drug-likeness (QED) is 0.665. The lowest BCUT2D eigenvalue weighted by Crippen LogP contribution is -2.28. The summed E-state index contributed by atoms with van der Waals surface area (Å²) < 4.78 is 11.6. The van der Waals surface area contributed by atoms with Crippen LogP contribution in [0.4, 0.5) is 0 Å². The van der Waals surface area contributed by atoms with Gasteiger partial charge in [0.15, 0.2) is 0 Å². The largest absolute Gasteiger partial charge is 0.396 e. The molecule has 1 unspecified atom stereocenters. The Hall–Kier alpha value is -0.903. The van der Waals surface area contributed by atoms with Gasteiger partial charge in [-0.3, -0.25) is 0 Å². The molecule has 0 radical (unpaired) electrons. The molecule has 0 aliphatic heterocycles. The lowest BCUT2D eigenvalue weighted by molar-refractivity contribution is 0.207. The van der Waals surface area contributed by atoms with Gasteiger partial charge in [0.25, 0.3) is 0 Å². The summed E-state index contributed by atoms with van der Waals surface area (Å²) in [4.78, 5) is 0. The van der Waals surface area contributed by atoms with Gasteiger partial charge in [-0.1, -0.05) is 49.4 Å². The molecule has 0 fully saturated rings. The number of hydrogen-bond acceptors (Lipinski definition) is 2. The van der Waals surface area contributed by atoms with Gasteiger partial charge in [0.05, 0.1) is 0 Å². The van der Waals surface area contributed by atoms with Crippen LogP contribution < -0.4 is 0 Å². The SMILES string of the molecule is CCO[SiH](OCC)C(/C=C/c1ccccc1)CC. The van der Waals surface area contributed by atoms with E-state index in [1.54, 1.807) is 0 Å². The second kappa shape index (κ2) is 9.08. The highest BCUT2D eigenvalue weighted by Gasteiger charge is 2.21. The molecule has 2 nitrogen and oxygen atoms in total. The monoisotopic (exact) mass is 264 g/mol. The second-order valence-electron chi connectivity index (χ2n) is 4.12. The average molecular weight is 264 g/mol. The van der Waals surface area contributed by atoms with Gasteiger partial charge < -0.3 is 8.85 Å². The fraction of sp³-hybridized carbons (Fsp3) is 0.467. The average Bonchev–Trinajstić information content (AvgIpc) is 2.41. The van der Waals surface area contributed by atoms with E-state index >= 15 is 0 Å². The maximum absolute atomic E-state index is 5.79. The van der Waals surface area contributed by atoms with Crippen molar-refractivity contribution in [2.24, 2.45) is 0 Å². The molecule has 3 heteroatoms. The Labute approximate surface area is 112 Å². The highest BCUT2D eigenvalue weighted by Crippen LogP contribution is 2.20. The minimum absolute atomic E-state index is 0.435. The highest BCUT2D eigenvalue weighted by molar-refractivity contribution is 6.47. The maximum Gasteiger partial charge on any atom is 0.328 e. The van der Waals surface area contributed by atoms with Crippen molar-refractivity contribution in [1.82, 2.24) is 0 Å². The molecule has 1 rings (SSSR count). The first-order chi connectivity index (χ1) is 8.81. The molecule has 0 amide bonds. The van der Waals surface area contributed by atoms with E-state index in [1.165, 1.54) is 5.56 Å². The lowest BCUT2D eigenvalue weighted by atomic mass is 10.2. The van der Waals surface area contributed by atoms with Crippen LogP contribution in [-0.4, -0.2) is 22.5 Å². The van der Waals surface area contributed by atoms with Gasteiger partial charge in [0.2, 0.25) is 0 Å². The third-order valence-corrected chi connectivity index (χ3v) is 5.53. The molecule has 1 atom stereocenters. The predicted octanol–water partition coefficient (Wildman–Crippen LogP) is 3.77. The van der Waals surface area contributed by atoms with Crippen molar-refractivity contribution in [3.63, 3.8) is 0 Å². The maximum atomic E-state index is 5.79. The first-order valence-electron chi connectivity index (χ1n) is 6.78. The summed E-state index contributed by atoms with van der Waals surface area (Å²) in [6.07, 6.45) is 5.49. The van der Waals surface area contributed by atoms with E-state index in [2.05, 4.69) is 43.3 Å².